The standard InChI is InChI=1S/C27H38N6O3S/c1-17-10-28-11-18(2)25(17)19(3)36-21-6-7-23-22(9-21)26(31-30-23)20-5-8-24(29-12-20)32-13-27(14-32)15-33(16-27)37(4,34)35/h5,8,10-12,19,21-23,26,30-31H,6-7,9,13-16H2,1-4H3/t19-,21?,22?,23?,26?/m1/s1. The van der Waals surface area contributed by atoms with Gasteiger partial charge in [-0.1, -0.05) is 6.07 Å². The second-order valence-corrected chi connectivity index (χ2v) is 13.8. The van der Waals surface area contributed by atoms with Gasteiger partial charge in [-0.05, 0) is 74.3 Å². The van der Waals surface area contributed by atoms with Gasteiger partial charge in [0.15, 0.2) is 0 Å². The third kappa shape index (κ3) is 4.67. The number of aromatic nitrogens is 2. The summed E-state index contributed by atoms with van der Waals surface area (Å²) in [6.07, 6.45) is 10.6. The van der Waals surface area contributed by atoms with Crippen LogP contribution in [0.25, 0.3) is 0 Å². The van der Waals surface area contributed by atoms with Crippen LogP contribution in [-0.2, 0) is 14.8 Å². The van der Waals surface area contributed by atoms with E-state index in [1.54, 1.807) is 4.31 Å². The highest BCUT2D eigenvalue weighted by atomic mass is 32.2. The van der Waals surface area contributed by atoms with Crippen LogP contribution in [-0.4, -0.2) is 67.3 Å². The summed E-state index contributed by atoms with van der Waals surface area (Å²) in [6.45, 7) is 9.38. The molecule has 5 atom stereocenters. The van der Waals surface area contributed by atoms with Gasteiger partial charge in [-0.3, -0.25) is 10.4 Å². The summed E-state index contributed by atoms with van der Waals surface area (Å²) < 4.78 is 31.6. The minimum atomic E-state index is -3.07. The number of nitrogens with zero attached hydrogens (tertiary/aromatic N) is 4. The van der Waals surface area contributed by atoms with E-state index in [0.717, 1.165) is 38.2 Å². The van der Waals surface area contributed by atoms with Gasteiger partial charge in [0.2, 0.25) is 10.0 Å². The molecule has 4 aliphatic rings. The van der Waals surface area contributed by atoms with Crippen LogP contribution in [0.2, 0.25) is 0 Å². The second kappa shape index (κ2) is 9.27. The molecule has 6 rings (SSSR count). The maximum Gasteiger partial charge on any atom is 0.211 e. The molecule has 0 amide bonds. The first-order valence-electron chi connectivity index (χ1n) is 13.4. The highest BCUT2D eigenvalue weighted by Crippen LogP contribution is 2.43. The van der Waals surface area contributed by atoms with Crippen LogP contribution >= 0.6 is 0 Å². The van der Waals surface area contributed by atoms with Gasteiger partial charge in [0.1, 0.15) is 5.82 Å². The largest absolute Gasteiger partial charge is 0.371 e. The van der Waals surface area contributed by atoms with Gasteiger partial charge in [-0.2, -0.15) is 0 Å². The molecule has 3 aliphatic heterocycles. The average molecular weight is 527 g/mol. The molecule has 3 saturated heterocycles. The predicted octanol–water partition coefficient (Wildman–Crippen LogP) is 2.64. The Labute approximate surface area is 220 Å². The topological polar surface area (TPSA) is 99.7 Å². The summed E-state index contributed by atoms with van der Waals surface area (Å²) >= 11 is 0. The smallest absolute Gasteiger partial charge is 0.211 e. The van der Waals surface area contributed by atoms with Crippen LogP contribution in [0.15, 0.2) is 30.7 Å². The lowest BCUT2D eigenvalue weighted by Crippen LogP contribution is -2.73. The van der Waals surface area contributed by atoms with Crippen molar-refractivity contribution in [2.45, 2.75) is 64.3 Å². The molecule has 0 aromatic carbocycles. The van der Waals surface area contributed by atoms with Crippen molar-refractivity contribution in [2.24, 2.45) is 11.3 Å². The number of ether oxygens (including phenoxy) is 1. The molecular weight excluding hydrogens is 488 g/mol. The zero-order chi connectivity index (χ0) is 25.9. The molecule has 1 saturated carbocycles. The molecule has 2 aromatic rings. The van der Waals surface area contributed by atoms with Gasteiger partial charge in [0.25, 0.3) is 0 Å². The Kier molecular flexibility index (Phi) is 6.31. The number of hydrazine groups is 1. The lowest BCUT2D eigenvalue weighted by atomic mass is 9.74. The number of sulfonamides is 1. The monoisotopic (exact) mass is 526 g/mol. The first-order chi connectivity index (χ1) is 17.6. The summed E-state index contributed by atoms with van der Waals surface area (Å²) in [5.74, 6) is 1.42. The average Bonchev–Trinajstić information content (AvgIpc) is 3.20. The van der Waals surface area contributed by atoms with Crippen LogP contribution in [0.1, 0.15) is 60.6 Å². The van der Waals surface area contributed by atoms with E-state index in [4.69, 9.17) is 9.72 Å². The maximum absolute atomic E-state index is 11.7. The van der Waals surface area contributed by atoms with E-state index in [-0.39, 0.29) is 23.7 Å². The number of fused-ring (bicyclic) bond motifs is 1. The number of anilines is 1. The maximum atomic E-state index is 11.7. The zero-order valence-electron chi connectivity index (χ0n) is 22.1. The Bertz CT molecular complexity index is 1240. The van der Waals surface area contributed by atoms with Crippen molar-refractivity contribution >= 4 is 15.8 Å². The van der Waals surface area contributed by atoms with E-state index < -0.39 is 10.0 Å². The number of aryl methyl sites for hydroxylation is 2. The predicted molar refractivity (Wildman–Crippen MR) is 142 cm³/mol. The molecule has 2 aromatic heterocycles. The fraction of sp³-hybridized carbons (Fsp3) is 0.630. The number of pyridine rings is 2. The van der Waals surface area contributed by atoms with Crippen molar-refractivity contribution in [3.8, 4) is 0 Å². The molecule has 200 valence electrons. The Morgan fingerprint density at radius 1 is 1.05 bits per heavy atom. The Hall–Kier alpha value is -2.11. The Morgan fingerprint density at radius 3 is 2.43 bits per heavy atom. The van der Waals surface area contributed by atoms with E-state index in [9.17, 15) is 8.42 Å². The van der Waals surface area contributed by atoms with Crippen molar-refractivity contribution < 1.29 is 13.2 Å². The summed E-state index contributed by atoms with van der Waals surface area (Å²) in [6, 6.07) is 4.94. The number of hydrogen-bond donors (Lipinski definition) is 2. The summed E-state index contributed by atoms with van der Waals surface area (Å²) in [7, 11) is -3.07. The SMILES string of the molecule is Cc1cncc(C)c1[C@@H](C)OC1CCC2NNC(c3ccc(N4CC5(C4)CN(S(C)(=O)=O)C5)nc3)C2C1. The minimum absolute atomic E-state index is 0.0475. The molecule has 37 heavy (non-hydrogen) atoms. The van der Waals surface area contributed by atoms with E-state index in [2.05, 4.69) is 53.6 Å². The van der Waals surface area contributed by atoms with Gasteiger partial charge in [0, 0.05) is 56.2 Å². The van der Waals surface area contributed by atoms with Gasteiger partial charge >= 0.3 is 0 Å². The van der Waals surface area contributed by atoms with E-state index in [0.29, 0.717) is 25.0 Å². The second-order valence-electron chi connectivity index (χ2n) is 11.8. The summed E-state index contributed by atoms with van der Waals surface area (Å²) in [5.41, 5.74) is 12.0. The van der Waals surface area contributed by atoms with Crippen molar-refractivity contribution in [1.29, 1.82) is 0 Å². The quantitative estimate of drug-likeness (QED) is 0.593. The van der Waals surface area contributed by atoms with E-state index >= 15 is 0 Å². The fourth-order valence-corrected chi connectivity index (χ4v) is 8.03. The van der Waals surface area contributed by atoms with Crippen LogP contribution < -0.4 is 15.8 Å². The summed E-state index contributed by atoms with van der Waals surface area (Å²) in [4.78, 5) is 11.3. The number of hydrogen-bond acceptors (Lipinski definition) is 8. The third-order valence-electron chi connectivity index (χ3n) is 8.89. The molecule has 1 spiro atoms. The minimum Gasteiger partial charge on any atom is -0.371 e. The molecule has 5 heterocycles. The first kappa shape index (κ1) is 25.2. The van der Waals surface area contributed by atoms with Gasteiger partial charge in [-0.15, -0.1) is 0 Å². The highest BCUT2D eigenvalue weighted by molar-refractivity contribution is 7.88. The number of nitrogens with one attached hydrogen (secondary N) is 2. The molecular formula is C27H38N6O3S. The van der Waals surface area contributed by atoms with Gasteiger partial charge in [-0.25, -0.2) is 23.1 Å². The Morgan fingerprint density at radius 2 is 1.78 bits per heavy atom. The van der Waals surface area contributed by atoms with Crippen LogP contribution in [0, 0.1) is 25.2 Å². The lowest BCUT2D eigenvalue weighted by Gasteiger charge is -2.59. The molecule has 2 N–H and O–H groups in total. The van der Waals surface area contributed by atoms with E-state index in [1.807, 2.05) is 18.6 Å². The van der Waals surface area contributed by atoms with E-state index in [1.165, 1.54) is 28.5 Å². The molecule has 10 heteroatoms. The molecule has 4 unspecified atom stereocenters. The molecule has 0 bridgehead atoms. The molecule has 4 fully saturated rings. The van der Waals surface area contributed by atoms with Crippen molar-refractivity contribution in [3.63, 3.8) is 0 Å². The Balaban J connectivity index is 1.07. The lowest BCUT2D eigenvalue weighted by molar-refractivity contribution is -0.0375. The third-order valence-corrected chi connectivity index (χ3v) is 10.1. The molecule has 9 nitrogen and oxygen atoms in total. The van der Waals surface area contributed by atoms with Gasteiger partial charge in [0.05, 0.1) is 24.5 Å². The first-order valence-corrected chi connectivity index (χ1v) is 15.2. The molecule has 1 aliphatic carbocycles. The fourth-order valence-electron chi connectivity index (χ4n) is 7.01. The zero-order valence-corrected chi connectivity index (χ0v) is 23.0. The van der Waals surface area contributed by atoms with Crippen molar-refractivity contribution in [2.75, 3.05) is 37.3 Å². The van der Waals surface area contributed by atoms with Gasteiger partial charge < -0.3 is 9.64 Å². The van der Waals surface area contributed by atoms with Crippen LogP contribution in [0.5, 0.6) is 0 Å². The van der Waals surface area contributed by atoms with Crippen molar-refractivity contribution in [3.05, 3.63) is 53.0 Å². The van der Waals surface area contributed by atoms with Crippen LogP contribution in [0.4, 0.5) is 5.82 Å². The number of rotatable bonds is 6. The van der Waals surface area contributed by atoms with Crippen LogP contribution in [0.3, 0.4) is 0 Å². The highest BCUT2D eigenvalue weighted by Gasteiger charge is 2.54. The normalized spacial score (nSPS) is 30.0. The summed E-state index contributed by atoms with van der Waals surface area (Å²) in [5, 5.41) is 0. The van der Waals surface area contributed by atoms with Crippen molar-refractivity contribution in [1.82, 2.24) is 25.1 Å². The molecule has 0 radical (unpaired) electrons.